The Hall–Kier alpha value is -1.62. The molecule has 18 heavy (non-hydrogen) atoms. The van der Waals surface area contributed by atoms with Crippen molar-refractivity contribution >= 4 is 11.9 Å². The van der Waals surface area contributed by atoms with Crippen LogP contribution in [0.5, 0.6) is 0 Å². The minimum absolute atomic E-state index is 0.146. The predicted octanol–water partition coefficient (Wildman–Crippen LogP) is 1.63. The molecule has 5 nitrogen and oxygen atoms in total. The van der Waals surface area contributed by atoms with E-state index in [-0.39, 0.29) is 25.9 Å². The molecule has 0 aromatic carbocycles. The fraction of sp³-hybridized carbons (Fsp3) is 0.538. The summed E-state index contributed by atoms with van der Waals surface area (Å²) in [6.45, 7) is 12.4. The van der Waals surface area contributed by atoms with Gasteiger partial charge in [-0.05, 0) is 20.8 Å². The van der Waals surface area contributed by atoms with Crippen molar-refractivity contribution < 1.29 is 23.8 Å². The maximum absolute atomic E-state index is 11.2. The molecule has 0 aromatic heterocycles. The molecule has 0 saturated carbocycles. The van der Waals surface area contributed by atoms with Gasteiger partial charge >= 0.3 is 11.9 Å². The lowest BCUT2D eigenvalue weighted by Crippen LogP contribution is -2.22. The van der Waals surface area contributed by atoms with Crippen LogP contribution in [0.15, 0.2) is 24.3 Å². The van der Waals surface area contributed by atoms with Crippen molar-refractivity contribution in [3.63, 3.8) is 0 Å². The summed E-state index contributed by atoms with van der Waals surface area (Å²) < 4.78 is 15.0. The van der Waals surface area contributed by atoms with Crippen molar-refractivity contribution in [1.82, 2.24) is 0 Å². The van der Waals surface area contributed by atoms with Gasteiger partial charge in [0.25, 0.3) is 0 Å². The molecule has 0 aliphatic heterocycles. The molecule has 1 unspecified atom stereocenters. The van der Waals surface area contributed by atoms with E-state index in [4.69, 9.17) is 14.2 Å². The number of carbonyl (C=O) groups is 2. The van der Waals surface area contributed by atoms with Crippen molar-refractivity contribution in [2.24, 2.45) is 0 Å². The van der Waals surface area contributed by atoms with Crippen LogP contribution in [-0.2, 0) is 23.8 Å². The maximum Gasteiger partial charge on any atom is 0.333 e. The summed E-state index contributed by atoms with van der Waals surface area (Å²) in [5, 5.41) is 0. The van der Waals surface area contributed by atoms with Gasteiger partial charge in [-0.15, -0.1) is 0 Å². The Morgan fingerprint density at radius 3 is 2.11 bits per heavy atom. The van der Waals surface area contributed by atoms with Crippen molar-refractivity contribution in [3.8, 4) is 0 Å². The quantitative estimate of drug-likeness (QED) is 0.375. The summed E-state index contributed by atoms with van der Waals surface area (Å²) in [6.07, 6.45) is -0.369. The van der Waals surface area contributed by atoms with Crippen LogP contribution in [-0.4, -0.2) is 37.9 Å². The highest BCUT2D eigenvalue weighted by Gasteiger charge is 2.10. The Labute approximate surface area is 107 Å². The van der Waals surface area contributed by atoms with Crippen molar-refractivity contribution in [3.05, 3.63) is 24.3 Å². The van der Waals surface area contributed by atoms with E-state index < -0.39 is 11.9 Å². The lowest BCUT2D eigenvalue weighted by atomic mass is 10.3. The second kappa shape index (κ2) is 8.47. The monoisotopic (exact) mass is 256 g/mol. The molecule has 0 rings (SSSR count). The van der Waals surface area contributed by atoms with Crippen molar-refractivity contribution in [1.29, 1.82) is 0 Å². The van der Waals surface area contributed by atoms with Crippen LogP contribution in [0.25, 0.3) is 0 Å². The van der Waals surface area contributed by atoms with E-state index in [9.17, 15) is 9.59 Å². The molecule has 0 aliphatic rings. The Bertz CT molecular complexity index is 332. The Kier molecular flexibility index (Phi) is 7.71. The molecule has 0 aliphatic carbocycles. The highest BCUT2D eigenvalue weighted by Crippen LogP contribution is 1.99. The lowest BCUT2D eigenvalue weighted by Gasteiger charge is -2.13. The van der Waals surface area contributed by atoms with Gasteiger partial charge in [0, 0.05) is 11.1 Å². The van der Waals surface area contributed by atoms with Crippen LogP contribution < -0.4 is 0 Å². The molecule has 5 heteroatoms. The van der Waals surface area contributed by atoms with Gasteiger partial charge in [0.15, 0.2) is 0 Å². The van der Waals surface area contributed by atoms with Crippen LogP contribution in [0.2, 0.25) is 0 Å². The van der Waals surface area contributed by atoms with Gasteiger partial charge in [-0.25, -0.2) is 9.59 Å². The SMILES string of the molecule is C=C(C)C(=O)OCCOCC(C)OC(=O)C(=C)C. The van der Waals surface area contributed by atoms with Crippen molar-refractivity contribution in [2.45, 2.75) is 26.9 Å². The first-order valence-electron chi connectivity index (χ1n) is 5.61. The van der Waals surface area contributed by atoms with Gasteiger partial charge in [0.1, 0.15) is 12.7 Å². The zero-order chi connectivity index (χ0) is 14.1. The molecular formula is C13H20O5. The molecule has 0 spiro atoms. The van der Waals surface area contributed by atoms with Crippen molar-refractivity contribution in [2.75, 3.05) is 19.8 Å². The van der Waals surface area contributed by atoms with Gasteiger partial charge < -0.3 is 14.2 Å². The Balaban J connectivity index is 3.61. The minimum Gasteiger partial charge on any atom is -0.460 e. The number of esters is 2. The van der Waals surface area contributed by atoms with E-state index in [0.717, 1.165) is 0 Å². The van der Waals surface area contributed by atoms with Gasteiger partial charge in [0.05, 0.1) is 13.2 Å². The standard InChI is InChI=1S/C13H20O5/c1-9(2)12(14)17-7-6-16-8-11(5)18-13(15)10(3)4/h11H,1,3,6-8H2,2,4-5H3. The molecule has 0 bridgehead atoms. The number of carbonyl (C=O) groups excluding carboxylic acids is 2. The van der Waals surface area contributed by atoms with E-state index >= 15 is 0 Å². The molecule has 0 amide bonds. The maximum atomic E-state index is 11.2. The molecule has 102 valence electrons. The number of hydrogen-bond acceptors (Lipinski definition) is 5. The average Bonchev–Trinajstić information content (AvgIpc) is 2.27. The summed E-state index contributed by atoms with van der Waals surface area (Å²) in [5.41, 5.74) is 0.691. The molecule has 0 fully saturated rings. The molecule has 0 aromatic rings. The smallest absolute Gasteiger partial charge is 0.333 e. The van der Waals surface area contributed by atoms with E-state index in [0.29, 0.717) is 11.1 Å². The van der Waals surface area contributed by atoms with Gasteiger partial charge in [-0.2, -0.15) is 0 Å². The second-order valence-corrected chi connectivity index (χ2v) is 3.99. The van der Waals surface area contributed by atoms with E-state index in [2.05, 4.69) is 13.2 Å². The fourth-order valence-electron chi connectivity index (χ4n) is 0.883. The van der Waals surface area contributed by atoms with Crippen LogP contribution >= 0.6 is 0 Å². The summed E-state index contributed by atoms with van der Waals surface area (Å²) in [5.74, 6) is -0.889. The number of hydrogen-bond donors (Lipinski definition) is 0. The largest absolute Gasteiger partial charge is 0.460 e. The summed E-state index contributed by atoms with van der Waals surface area (Å²) >= 11 is 0. The predicted molar refractivity (Wildman–Crippen MR) is 67.0 cm³/mol. The molecule has 1 atom stereocenters. The minimum atomic E-state index is -0.445. The highest BCUT2D eigenvalue weighted by molar-refractivity contribution is 5.87. The zero-order valence-electron chi connectivity index (χ0n) is 11.2. The molecule has 0 heterocycles. The first-order chi connectivity index (χ1) is 8.34. The third kappa shape index (κ3) is 7.62. The lowest BCUT2D eigenvalue weighted by molar-refractivity contribution is -0.147. The third-order valence-corrected chi connectivity index (χ3v) is 1.82. The third-order valence-electron chi connectivity index (χ3n) is 1.82. The number of rotatable bonds is 8. The van der Waals surface area contributed by atoms with Crippen LogP contribution in [0.1, 0.15) is 20.8 Å². The summed E-state index contributed by atoms with van der Waals surface area (Å²) in [4.78, 5) is 22.2. The second-order valence-electron chi connectivity index (χ2n) is 3.99. The Morgan fingerprint density at radius 1 is 1.06 bits per heavy atom. The van der Waals surface area contributed by atoms with Crippen LogP contribution in [0.3, 0.4) is 0 Å². The average molecular weight is 256 g/mol. The van der Waals surface area contributed by atoms with Crippen LogP contribution in [0.4, 0.5) is 0 Å². The molecular weight excluding hydrogens is 236 g/mol. The van der Waals surface area contributed by atoms with E-state index in [1.807, 2.05) is 0 Å². The number of ether oxygens (including phenoxy) is 3. The van der Waals surface area contributed by atoms with E-state index in [1.54, 1.807) is 20.8 Å². The highest BCUT2D eigenvalue weighted by atomic mass is 16.6. The van der Waals surface area contributed by atoms with E-state index in [1.165, 1.54) is 0 Å². The fourth-order valence-corrected chi connectivity index (χ4v) is 0.883. The topological polar surface area (TPSA) is 61.8 Å². The first kappa shape index (κ1) is 16.4. The zero-order valence-corrected chi connectivity index (χ0v) is 11.2. The molecule has 0 radical (unpaired) electrons. The van der Waals surface area contributed by atoms with Gasteiger partial charge in [-0.1, -0.05) is 13.2 Å². The molecule has 0 saturated heterocycles. The molecule has 0 N–H and O–H groups in total. The first-order valence-corrected chi connectivity index (χ1v) is 5.61. The summed E-state index contributed by atoms with van der Waals surface area (Å²) in [6, 6.07) is 0. The normalized spacial score (nSPS) is 11.5. The van der Waals surface area contributed by atoms with Crippen LogP contribution in [0, 0.1) is 0 Å². The Morgan fingerprint density at radius 2 is 1.61 bits per heavy atom. The van der Waals surface area contributed by atoms with Gasteiger partial charge in [-0.3, -0.25) is 0 Å². The van der Waals surface area contributed by atoms with Gasteiger partial charge in [0.2, 0.25) is 0 Å². The summed E-state index contributed by atoms with van der Waals surface area (Å²) in [7, 11) is 0.